The molecule has 2 N–H and O–H groups in total. The van der Waals surface area contributed by atoms with Crippen LogP contribution in [0.2, 0.25) is 0 Å². The molecule has 0 aliphatic carbocycles. The predicted octanol–water partition coefficient (Wildman–Crippen LogP) is 0.170. The van der Waals surface area contributed by atoms with Gasteiger partial charge in [0, 0.05) is 5.71 Å². The van der Waals surface area contributed by atoms with Gasteiger partial charge in [-0.05, 0) is 6.92 Å². The number of cyclic esters (lactones) is 2. The molecule has 1 atom stereocenters. The van der Waals surface area contributed by atoms with Gasteiger partial charge >= 0.3 is 6.16 Å². The Balaban J connectivity index is 2.44. The summed E-state index contributed by atoms with van der Waals surface area (Å²) in [5.74, 6) is -0.303. The first-order valence-corrected chi connectivity index (χ1v) is 3.67. The van der Waals surface area contributed by atoms with Crippen LogP contribution in [0.3, 0.4) is 0 Å². The fourth-order valence-electron chi connectivity index (χ4n) is 0.948. The van der Waals surface area contributed by atoms with Gasteiger partial charge in [-0.2, -0.15) is 0 Å². The van der Waals surface area contributed by atoms with E-state index in [9.17, 15) is 4.79 Å². The van der Waals surface area contributed by atoms with E-state index in [1.165, 1.54) is 6.92 Å². The molecule has 1 rings (SSSR count). The van der Waals surface area contributed by atoms with Gasteiger partial charge in [-0.3, -0.25) is 0 Å². The predicted molar refractivity (Wildman–Crippen MR) is 40.2 cm³/mol. The monoisotopic (exact) mass is 173 g/mol. The molecule has 0 bridgehead atoms. The first-order valence-electron chi connectivity index (χ1n) is 3.67. The molecule has 0 aromatic carbocycles. The van der Waals surface area contributed by atoms with Crippen LogP contribution in [0.4, 0.5) is 4.79 Å². The lowest BCUT2D eigenvalue weighted by atomic mass is 10.0. The summed E-state index contributed by atoms with van der Waals surface area (Å²) in [5, 5.41) is 16.4. The van der Waals surface area contributed by atoms with Crippen LogP contribution in [0.15, 0.2) is 0 Å². The van der Waals surface area contributed by atoms with Crippen molar-refractivity contribution in [3.8, 4) is 0 Å². The van der Waals surface area contributed by atoms with Crippen molar-refractivity contribution >= 4 is 11.9 Å². The Morgan fingerprint density at radius 2 is 2.17 bits per heavy atom. The zero-order valence-electron chi connectivity index (χ0n) is 6.74. The van der Waals surface area contributed by atoms with E-state index in [-0.39, 0.29) is 24.8 Å². The molecule has 0 amide bonds. The van der Waals surface area contributed by atoms with Gasteiger partial charge in [0.15, 0.2) is 0 Å². The van der Waals surface area contributed by atoms with E-state index in [1.807, 2.05) is 0 Å². The third-order valence-corrected chi connectivity index (χ3v) is 1.69. The fourth-order valence-corrected chi connectivity index (χ4v) is 0.948. The SMILES string of the molecule is CC(O)C(=N)C1COC(=O)OC1. The zero-order valence-corrected chi connectivity index (χ0v) is 6.74. The number of hydrogen-bond donors (Lipinski definition) is 2. The van der Waals surface area contributed by atoms with Crippen molar-refractivity contribution in [2.24, 2.45) is 5.92 Å². The van der Waals surface area contributed by atoms with Crippen LogP contribution in [-0.4, -0.2) is 36.3 Å². The smallest absolute Gasteiger partial charge is 0.433 e. The number of nitrogens with one attached hydrogen (secondary N) is 1. The highest BCUT2D eigenvalue weighted by Crippen LogP contribution is 2.10. The van der Waals surface area contributed by atoms with E-state index < -0.39 is 12.3 Å². The van der Waals surface area contributed by atoms with Crippen molar-refractivity contribution in [1.29, 1.82) is 5.41 Å². The van der Waals surface area contributed by atoms with Crippen molar-refractivity contribution in [3.05, 3.63) is 0 Å². The number of carbonyl (C=O) groups is 1. The molecule has 12 heavy (non-hydrogen) atoms. The molecule has 5 nitrogen and oxygen atoms in total. The third-order valence-electron chi connectivity index (χ3n) is 1.69. The molecular formula is C7H11NO4. The number of aliphatic hydroxyl groups is 1. The van der Waals surface area contributed by atoms with Crippen LogP contribution in [0, 0.1) is 11.3 Å². The van der Waals surface area contributed by atoms with Crippen LogP contribution in [0.25, 0.3) is 0 Å². The van der Waals surface area contributed by atoms with Crippen molar-refractivity contribution in [2.75, 3.05) is 13.2 Å². The molecule has 5 heteroatoms. The summed E-state index contributed by atoms with van der Waals surface area (Å²) in [6.07, 6.45) is -1.51. The minimum Gasteiger partial charge on any atom is -0.433 e. The summed E-state index contributed by atoms with van der Waals surface area (Å²) in [6.45, 7) is 1.75. The van der Waals surface area contributed by atoms with E-state index >= 15 is 0 Å². The van der Waals surface area contributed by atoms with Gasteiger partial charge in [0.25, 0.3) is 0 Å². The Kier molecular flexibility index (Phi) is 2.65. The van der Waals surface area contributed by atoms with Crippen LogP contribution in [0.5, 0.6) is 0 Å². The summed E-state index contributed by atoms with van der Waals surface area (Å²) in [5.41, 5.74) is 0.141. The molecule has 1 unspecified atom stereocenters. The van der Waals surface area contributed by atoms with Crippen LogP contribution in [-0.2, 0) is 9.47 Å². The van der Waals surface area contributed by atoms with Gasteiger partial charge in [0.05, 0.1) is 12.0 Å². The Labute approximate surface area is 69.8 Å². The van der Waals surface area contributed by atoms with Gasteiger partial charge in [-0.15, -0.1) is 0 Å². The first kappa shape index (κ1) is 8.99. The van der Waals surface area contributed by atoms with Crippen molar-refractivity contribution < 1.29 is 19.4 Å². The maximum Gasteiger partial charge on any atom is 0.508 e. The lowest BCUT2D eigenvalue weighted by molar-refractivity contribution is 0.00216. The minimum atomic E-state index is -0.810. The van der Waals surface area contributed by atoms with Crippen molar-refractivity contribution in [1.82, 2.24) is 0 Å². The Hall–Kier alpha value is -1.10. The second-order valence-corrected chi connectivity index (χ2v) is 2.70. The van der Waals surface area contributed by atoms with Crippen molar-refractivity contribution in [2.45, 2.75) is 13.0 Å². The minimum absolute atomic E-state index is 0.128. The Morgan fingerprint density at radius 1 is 1.67 bits per heavy atom. The maximum absolute atomic E-state index is 10.4. The van der Waals surface area contributed by atoms with Gasteiger partial charge in [-0.25, -0.2) is 4.79 Å². The molecule has 68 valence electrons. The molecular weight excluding hydrogens is 162 g/mol. The second kappa shape index (κ2) is 3.53. The average Bonchev–Trinajstić information content (AvgIpc) is 2.04. The molecule has 0 saturated carbocycles. The molecule has 0 aromatic heterocycles. The normalized spacial score (nSPS) is 21.0. The zero-order chi connectivity index (χ0) is 9.14. The highest BCUT2D eigenvalue weighted by atomic mass is 16.7. The van der Waals surface area contributed by atoms with Crippen LogP contribution < -0.4 is 0 Å². The molecule has 1 saturated heterocycles. The van der Waals surface area contributed by atoms with Crippen molar-refractivity contribution in [3.63, 3.8) is 0 Å². The summed E-state index contributed by atoms with van der Waals surface area (Å²) >= 11 is 0. The number of carbonyl (C=O) groups excluding carboxylic acids is 1. The second-order valence-electron chi connectivity index (χ2n) is 2.70. The summed E-state index contributed by atoms with van der Waals surface area (Å²) < 4.78 is 9.10. The molecule has 1 aliphatic rings. The molecule has 0 spiro atoms. The standard InChI is InChI=1S/C7H11NO4/c1-4(9)6(8)5-2-11-7(10)12-3-5/h4-5,8-9H,2-3H2,1H3. The lowest BCUT2D eigenvalue weighted by Gasteiger charge is -2.23. The topological polar surface area (TPSA) is 79.6 Å². The molecule has 1 aliphatic heterocycles. The first-order chi connectivity index (χ1) is 5.61. The number of aliphatic hydroxyl groups excluding tert-OH is 1. The highest BCUT2D eigenvalue weighted by Gasteiger charge is 2.26. The van der Waals surface area contributed by atoms with E-state index in [1.54, 1.807) is 0 Å². The molecule has 0 aromatic rings. The van der Waals surface area contributed by atoms with Crippen LogP contribution in [0.1, 0.15) is 6.92 Å². The summed E-state index contributed by atoms with van der Waals surface area (Å²) in [6, 6.07) is 0. The number of hydrogen-bond acceptors (Lipinski definition) is 5. The summed E-state index contributed by atoms with van der Waals surface area (Å²) in [7, 11) is 0. The fraction of sp³-hybridized carbons (Fsp3) is 0.714. The van der Waals surface area contributed by atoms with Gasteiger partial charge in [0.2, 0.25) is 0 Å². The van der Waals surface area contributed by atoms with E-state index in [0.717, 1.165) is 0 Å². The average molecular weight is 173 g/mol. The number of ether oxygens (including phenoxy) is 2. The Morgan fingerprint density at radius 3 is 2.58 bits per heavy atom. The number of rotatable bonds is 2. The molecule has 1 heterocycles. The third kappa shape index (κ3) is 1.94. The van der Waals surface area contributed by atoms with E-state index in [0.29, 0.717) is 0 Å². The van der Waals surface area contributed by atoms with Gasteiger partial charge < -0.3 is 20.0 Å². The molecule has 1 fully saturated rings. The highest BCUT2D eigenvalue weighted by molar-refractivity contribution is 5.88. The van der Waals surface area contributed by atoms with Gasteiger partial charge in [0.1, 0.15) is 13.2 Å². The Bertz CT molecular complexity index is 192. The quantitative estimate of drug-likeness (QED) is 0.460. The maximum atomic E-state index is 10.4. The lowest BCUT2D eigenvalue weighted by Crippen LogP contribution is -2.37. The van der Waals surface area contributed by atoms with E-state index in [2.05, 4.69) is 9.47 Å². The summed E-state index contributed by atoms with van der Waals surface area (Å²) in [4.78, 5) is 10.4. The van der Waals surface area contributed by atoms with E-state index in [4.69, 9.17) is 10.5 Å². The molecule has 0 radical (unpaired) electrons. The largest absolute Gasteiger partial charge is 0.508 e. The van der Waals surface area contributed by atoms with Gasteiger partial charge in [-0.1, -0.05) is 0 Å². The van der Waals surface area contributed by atoms with Crippen LogP contribution >= 0.6 is 0 Å².